The molecule has 0 unspecified atom stereocenters. The van der Waals surface area contributed by atoms with Gasteiger partial charge in [0.1, 0.15) is 12.3 Å². The molecule has 2 aromatic rings. The zero-order valence-corrected chi connectivity index (χ0v) is 17.3. The fourth-order valence-electron chi connectivity index (χ4n) is 2.64. The summed E-state index contributed by atoms with van der Waals surface area (Å²) in [6.45, 7) is 3.13. The molecule has 7 nitrogen and oxygen atoms in total. The second-order valence-corrected chi connectivity index (χ2v) is 8.21. The van der Waals surface area contributed by atoms with E-state index in [-0.39, 0.29) is 12.5 Å². The van der Waals surface area contributed by atoms with Crippen molar-refractivity contribution in [2.75, 3.05) is 48.7 Å². The van der Waals surface area contributed by atoms with E-state index in [1.807, 2.05) is 49.2 Å². The van der Waals surface area contributed by atoms with Gasteiger partial charge >= 0.3 is 0 Å². The predicted molar refractivity (Wildman–Crippen MR) is 113 cm³/mol. The topological polar surface area (TPSA) is 79.0 Å². The highest BCUT2D eigenvalue weighted by Gasteiger charge is 2.20. The van der Waals surface area contributed by atoms with Crippen LogP contribution < -0.4 is 19.3 Å². The summed E-state index contributed by atoms with van der Waals surface area (Å²) >= 11 is 0. The number of hydrogen-bond donors (Lipinski definition) is 1. The van der Waals surface area contributed by atoms with E-state index in [2.05, 4.69) is 5.32 Å². The van der Waals surface area contributed by atoms with Crippen LogP contribution >= 0.6 is 0 Å². The predicted octanol–water partition coefficient (Wildman–Crippen LogP) is 2.10. The van der Waals surface area contributed by atoms with Gasteiger partial charge in [0.15, 0.2) is 0 Å². The average Bonchev–Trinajstić information content (AvgIpc) is 2.67. The molecular formula is C20H27N3O4S. The first kappa shape index (κ1) is 21.6. The Bertz CT molecular complexity index is 855. The van der Waals surface area contributed by atoms with Crippen molar-refractivity contribution in [1.82, 2.24) is 5.32 Å². The number of anilines is 2. The normalized spacial score (nSPS) is 11.0. The van der Waals surface area contributed by atoms with E-state index < -0.39 is 10.0 Å². The third-order valence-corrected chi connectivity index (χ3v) is 5.23. The molecule has 0 saturated carbocycles. The van der Waals surface area contributed by atoms with Crippen molar-refractivity contribution in [3.63, 3.8) is 0 Å². The Morgan fingerprint density at radius 3 is 2.25 bits per heavy atom. The summed E-state index contributed by atoms with van der Waals surface area (Å²) in [7, 11) is -1.67. The highest BCUT2D eigenvalue weighted by atomic mass is 32.2. The van der Waals surface area contributed by atoms with E-state index in [0.29, 0.717) is 31.1 Å². The minimum atomic E-state index is -3.60. The summed E-state index contributed by atoms with van der Waals surface area (Å²) in [5.41, 5.74) is 1.46. The Kier molecular flexibility index (Phi) is 7.69. The molecule has 0 saturated heterocycles. The SMILES string of the molecule is CCOc1ccc(N(CC(=O)NCCN(C)c2ccccc2)S(C)(=O)=O)cc1. The number of rotatable bonds is 10. The average molecular weight is 406 g/mol. The number of hydrogen-bond acceptors (Lipinski definition) is 5. The molecule has 0 heterocycles. The highest BCUT2D eigenvalue weighted by molar-refractivity contribution is 7.92. The molecule has 0 aliphatic rings. The van der Waals surface area contributed by atoms with Crippen LogP contribution in [0.5, 0.6) is 5.75 Å². The molecule has 0 bridgehead atoms. The van der Waals surface area contributed by atoms with E-state index in [0.717, 1.165) is 16.2 Å². The number of carbonyl (C=O) groups is 1. The number of ether oxygens (including phenoxy) is 1. The molecule has 1 N–H and O–H groups in total. The summed E-state index contributed by atoms with van der Waals surface area (Å²) in [6, 6.07) is 16.4. The van der Waals surface area contributed by atoms with Gasteiger partial charge in [-0.15, -0.1) is 0 Å². The van der Waals surface area contributed by atoms with Gasteiger partial charge in [-0.05, 0) is 43.3 Å². The molecule has 0 aromatic heterocycles. The van der Waals surface area contributed by atoms with E-state index in [9.17, 15) is 13.2 Å². The van der Waals surface area contributed by atoms with Gasteiger partial charge in [-0.2, -0.15) is 0 Å². The summed E-state index contributed by atoms with van der Waals surface area (Å²) in [4.78, 5) is 14.3. The maximum Gasteiger partial charge on any atom is 0.240 e. The van der Waals surface area contributed by atoms with Gasteiger partial charge in [0.2, 0.25) is 15.9 Å². The van der Waals surface area contributed by atoms with Crippen molar-refractivity contribution in [3.05, 3.63) is 54.6 Å². The molecule has 1 amide bonds. The number of nitrogens with zero attached hydrogens (tertiary/aromatic N) is 2. The Morgan fingerprint density at radius 1 is 1.04 bits per heavy atom. The van der Waals surface area contributed by atoms with E-state index in [4.69, 9.17) is 4.74 Å². The number of para-hydroxylation sites is 1. The molecule has 0 aliphatic carbocycles. The van der Waals surface area contributed by atoms with Gasteiger partial charge in [-0.1, -0.05) is 18.2 Å². The van der Waals surface area contributed by atoms with E-state index in [1.165, 1.54) is 0 Å². The Morgan fingerprint density at radius 2 is 1.68 bits per heavy atom. The second-order valence-electron chi connectivity index (χ2n) is 6.30. The van der Waals surface area contributed by atoms with E-state index in [1.54, 1.807) is 24.3 Å². The third-order valence-electron chi connectivity index (χ3n) is 4.09. The van der Waals surface area contributed by atoms with Crippen molar-refractivity contribution in [3.8, 4) is 5.75 Å². The van der Waals surface area contributed by atoms with Crippen molar-refractivity contribution in [1.29, 1.82) is 0 Å². The lowest BCUT2D eigenvalue weighted by atomic mass is 10.3. The van der Waals surface area contributed by atoms with Gasteiger partial charge < -0.3 is 15.0 Å². The van der Waals surface area contributed by atoms with Crippen molar-refractivity contribution >= 4 is 27.3 Å². The van der Waals surface area contributed by atoms with Crippen LogP contribution in [0.3, 0.4) is 0 Å². The Balaban J connectivity index is 1.94. The van der Waals surface area contributed by atoms with Crippen molar-refractivity contribution in [2.24, 2.45) is 0 Å². The second kappa shape index (κ2) is 9.98. The van der Waals surface area contributed by atoms with Gasteiger partial charge in [-0.25, -0.2) is 8.42 Å². The molecule has 2 aromatic carbocycles. The van der Waals surface area contributed by atoms with Crippen LogP contribution in [0.2, 0.25) is 0 Å². The standard InChI is InChI=1S/C20H27N3O4S/c1-4-27-19-12-10-18(11-13-19)23(28(3,25)26)16-20(24)21-14-15-22(2)17-8-6-5-7-9-17/h5-13H,4,14-16H2,1-3H3,(H,21,24). The molecule has 152 valence electrons. The number of benzene rings is 2. The minimum Gasteiger partial charge on any atom is -0.494 e. The van der Waals surface area contributed by atoms with Gasteiger partial charge in [0, 0.05) is 25.8 Å². The zero-order chi connectivity index (χ0) is 20.6. The van der Waals surface area contributed by atoms with Crippen LogP contribution in [0.1, 0.15) is 6.92 Å². The third kappa shape index (κ3) is 6.45. The zero-order valence-electron chi connectivity index (χ0n) is 16.5. The van der Waals surface area contributed by atoms with Crippen LogP contribution in [0.25, 0.3) is 0 Å². The lowest BCUT2D eigenvalue weighted by Gasteiger charge is -2.23. The number of amides is 1. The fraction of sp³-hybridized carbons (Fsp3) is 0.350. The number of likely N-dealkylation sites (N-methyl/N-ethyl adjacent to an activating group) is 1. The summed E-state index contributed by atoms with van der Waals surface area (Å²) in [5.74, 6) is 0.286. The van der Waals surface area contributed by atoms with Crippen LogP contribution in [-0.2, 0) is 14.8 Å². The van der Waals surface area contributed by atoms with Crippen molar-refractivity contribution in [2.45, 2.75) is 6.92 Å². The Hall–Kier alpha value is -2.74. The van der Waals surface area contributed by atoms with E-state index >= 15 is 0 Å². The lowest BCUT2D eigenvalue weighted by Crippen LogP contribution is -2.42. The highest BCUT2D eigenvalue weighted by Crippen LogP contribution is 2.21. The Labute approximate surface area is 167 Å². The molecule has 0 fully saturated rings. The molecular weight excluding hydrogens is 378 g/mol. The van der Waals surface area contributed by atoms with Crippen LogP contribution in [0.4, 0.5) is 11.4 Å². The maximum absolute atomic E-state index is 12.3. The van der Waals surface area contributed by atoms with Crippen LogP contribution in [0.15, 0.2) is 54.6 Å². The fourth-order valence-corrected chi connectivity index (χ4v) is 3.49. The summed E-state index contributed by atoms with van der Waals surface area (Å²) in [6.07, 6.45) is 1.08. The maximum atomic E-state index is 12.3. The molecule has 0 spiro atoms. The molecule has 0 radical (unpaired) electrons. The quantitative estimate of drug-likeness (QED) is 0.655. The molecule has 0 atom stereocenters. The van der Waals surface area contributed by atoms with Crippen LogP contribution in [0, 0.1) is 0 Å². The first-order valence-electron chi connectivity index (χ1n) is 9.04. The number of sulfonamides is 1. The number of carbonyl (C=O) groups excluding carboxylic acids is 1. The first-order chi connectivity index (χ1) is 13.3. The monoisotopic (exact) mass is 405 g/mol. The number of nitrogens with one attached hydrogen (secondary N) is 1. The van der Waals surface area contributed by atoms with Crippen molar-refractivity contribution < 1.29 is 17.9 Å². The summed E-state index contributed by atoms with van der Waals surface area (Å²) in [5, 5.41) is 2.78. The smallest absolute Gasteiger partial charge is 0.240 e. The van der Waals surface area contributed by atoms with Gasteiger partial charge in [0.25, 0.3) is 0 Å². The molecule has 2 rings (SSSR count). The largest absolute Gasteiger partial charge is 0.494 e. The lowest BCUT2D eigenvalue weighted by molar-refractivity contribution is -0.119. The first-order valence-corrected chi connectivity index (χ1v) is 10.9. The molecule has 28 heavy (non-hydrogen) atoms. The molecule has 0 aliphatic heterocycles. The van der Waals surface area contributed by atoms with Gasteiger partial charge in [-0.3, -0.25) is 9.10 Å². The van der Waals surface area contributed by atoms with Crippen LogP contribution in [-0.4, -0.2) is 53.9 Å². The summed E-state index contributed by atoms with van der Waals surface area (Å²) < 4.78 is 30.8. The minimum absolute atomic E-state index is 0.276. The molecule has 8 heteroatoms. The van der Waals surface area contributed by atoms with Gasteiger partial charge in [0.05, 0.1) is 18.6 Å².